The number of hydrogen-bond acceptors (Lipinski definition) is 4. The molecule has 0 aromatic heterocycles. The summed E-state index contributed by atoms with van der Waals surface area (Å²) in [6, 6.07) is 12.0. The Morgan fingerprint density at radius 2 is 1.82 bits per heavy atom. The Balaban J connectivity index is 1.88. The molecule has 1 amide bonds. The first-order chi connectivity index (χ1) is 13.2. The fourth-order valence-corrected chi connectivity index (χ4v) is 4.93. The van der Waals surface area contributed by atoms with Gasteiger partial charge in [-0.1, -0.05) is 26.0 Å². The molecule has 6 nitrogen and oxygen atoms in total. The third-order valence-electron chi connectivity index (χ3n) is 5.06. The Morgan fingerprint density at radius 3 is 2.39 bits per heavy atom. The molecule has 1 N–H and O–H groups in total. The first-order valence-electron chi connectivity index (χ1n) is 9.30. The van der Waals surface area contributed by atoms with Crippen LogP contribution in [0.25, 0.3) is 0 Å². The van der Waals surface area contributed by atoms with Gasteiger partial charge in [0.2, 0.25) is 15.9 Å². The maximum absolute atomic E-state index is 13.0. The van der Waals surface area contributed by atoms with E-state index in [2.05, 4.69) is 4.72 Å². The first-order valence-corrected chi connectivity index (χ1v) is 10.8. The minimum Gasteiger partial charge on any atom is -0.497 e. The van der Waals surface area contributed by atoms with Crippen LogP contribution in [0, 0.1) is 5.92 Å². The van der Waals surface area contributed by atoms with Gasteiger partial charge in [0.25, 0.3) is 0 Å². The zero-order chi connectivity index (χ0) is 20.5. The van der Waals surface area contributed by atoms with Crippen molar-refractivity contribution in [2.45, 2.75) is 38.1 Å². The van der Waals surface area contributed by atoms with Crippen molar-refractivity contribution in [2.24, 2.45) is 5.92 Å². The van der Waals surface area contributed by atoms with E-state index in [9.17, 15) is 13.2 Å². The van der Waals surface area contributed by atoms with Crippen molar-refractivity contribution in [1.29, 1.82) is 0 Å². The molecule has 0 bridgehead atoms. The van der Waals surface area contributed by atoms with Crippen LogP contribution in [-0.2, 0) is 21.2 Å². The molecule has 0 spiro atoms. The number of ether oxygens (including phenoxy) is 1. The highest BCUT2D eigenvalue weighted by atomic mass is 32.2. The van der Waals surface area contributed by atoms with Gasteiger partial charge < -0.3 is 9.64 Å². The number of methoxy groups -OCH3 is 1. The quantitative estimate of drug-likeness (QED) is 0.805. The van der Waals surface area contributed by atoms with Crippen molar-refractivity contribution in [3.05, 3.63) is 53.6 Å². The third kappa shape index (κ3) is 4.05. The van der Waals surface area contributed by atoms with Crippen LogP contribution in [0.2, 0.25) is 0 Å². The highest BCUT2D eigenvalue weighted by molar-refractivity contribution is 7.89. The molecular weight excluding hydrogens is 376 g/mol. The van der Waals surface area contributed by atoms with Crippen molar-refractivity contribution < 1.29 is 17.9 Å². The fourth-order valence-electron chi connectivity index (χ4n) is 3.51. The summed E-state index contributed by atoms with van der Waals surface area (Å²) in [5, 5.41) is 0. The van der Waals surface area contributed by atoms with Gasteiger partial charge in [-0.15, -0.1) is 0 Å². The average molecular weight is 403 g/mol. The molecule has 7 heteroatoms. The number of benzene rings is 2. The molecule has 0 fully saturated rings. The topological polar surface area (TPSA) is 75.7 Å². The summed E-state index contributed by atoms with van der Waals surface area (Å²) in [6.07, 6.45) is 0.657. The van der Waals surface area contributed by atoms with Crippen LogP contribution in [0.5, 0.6) is 5.75 Å². The predicted octanol–water partition coefficient (Wildman–Crippen LogP) is 3.28. The maximum Gasteiger partial charge on any atom is 0.241 e. The lowest BCUT2D eigenvalue weighted by molar-refractivity contribution is -0.116. The monoisotopic (exact) mass is 402 g/mol. The van der Waals surface area contributed by atoms with Crippen molar-refractivity contribution in [2.75, 3.05) is 18.6 Å². The molecule has 1 atom stereocenters. The molecule has 2 aromatic carbocycles. The van der Waals surface area contributed by atoms with Gasteiger partial charge in [0.1, 0.15) is 5.75 Å². The zero-order valence-corrected chi connectivity index (χ0v) is 17.4. The van der Waals surface area contributed by atoms with E-state index in [1.165, 1.54) is 6.92 Å². The van der Waals surface area contributed by atoms with Gasteiger partial charge in [-0.05, 0) is 53.8 Å². The van der Waals surface area contributed by atoms with E-state index >= 15 is 0 Å². The van der Waals surface area contributed by atoms with E-state index < -0.39 is 10.0 Å². The van der Waals surface area contributed by atoms with E-state index in [1.807, 2.05) is 38.1 Å². The summed E-state index contributed by atoms with van der Waals surface area (Å²) in [5.41, 5.74) is 2.55. The number of nitrogens with zero attached hydrogens (tertiary/aromatic N) is 1. The fraction of sp³-hybridized carbons (Fsp3) is 0.381. The first kappa shape index (κ1) is 20.4. The Labute approximate surface area is 166 Å². The number of anilines is 1. The average Bonchev–Trinajstić information content (AvgIpc) is 3.09. The van der Waals surface area contributed by atoms with Crippen LogP contribution in [0.4, 0.5) is 5.69 Å². The van der Waals surface area contributed by atoms with Crippen LogP contribution in [0.1, 0.15) is 37.9 Å². The van der Waals surface area contributed by atoms with E-state index in [0.29, 0.717) is 13.0 Å². The van der Waals surface area contributed by atoms with Crippen molar-refractivity contribution >= 4 is 21.6 Å². The number of nitrogens with one attached hydrogen (secondary N) is 1. The normalized spacial score (nSPS) is 14.8. The summed E-state index contributed by atoms with van der Waals surface area (Å²) >= 11 is 0. The Kier molecular flexibility index (Phi) is 5.76. The number of hydrogen-bond donors (Lipinski definition) is 1. The number of carbonyl (C=O) groups is 1. The van der Waals surface area contributed by atoms with Gasteiger partial charge >= 0.3 is 0 Å². The molecule has 1 aliphatic heterocycles. The van der Waals surface area contributed by atoms with Crippen molar-refractivity contribution in [3.63, 3.8) is 0 Å². The minimum atomic E-state index is -3.71. The molecule has 2 aromatic rings. The van der Waals surface area contributed by atoms with Gasteiger partial charge in [0.05, 0.1) is 12.0 Å². The number of sulfonamides is 1. The third-order valence-corrected chi connectivity index (χ3v) is 6.50. The number of carbonyl (C=O) groups excluding carboxylic acids is 1. The summed E-state index contributed by atoms with van der Waals surface area (Å²) in [6.45, 7) is 6.06. The Bertz CT molecular complexity index is 968. The van der Waals surface area contributed by atoms with Crippen LogP contribution >= 0.6 is 0 Å². The molecule has 0 aliphatic carbocycles. The van der Waals surface area contributed by atoms with Crippen LogP contribution in [0.3, 0.4) is 0 Å². The Morgan fingerprint density at radius 1 is 1.14 bits per heavy atom. The summed E-state index contributed by atoms with van der Waals surface area (Å²) in [5.74, 6) is 0.750. The molecule has 0 saturated heterocycles. The van der Waals surface area contributed by atoms with Crippen LogP contribution in [0.15, 0.2) is 47.4 Å². The van der Waals surface area contributed by atoms with E-state index in [-0.39, 0.29) is 22.8 Å². The highest BCUT2D eigenvalue weighted by Crippen LogP contribution is 2.31. The standard InChI is InChI=1S/C21H26N2O4S/c1-14(2)21(16-5-7-18(27-4)8-6-16)22-28(25,26)19-9-10-20-17(13-19)11-12-23(20)15(3)24/h5-10,13-14,21-22H,11-12H2,1-4H3. The maximum atomic E-state index is 13.0. The summed E-state index contributed by atoms with van der Waals surface area (Å²) in [4.78, 5) is 13.6. The lowest BCUT2D eigenvalue weighted by atomic mass is 9.97. The summed E-state index contributed by atoms with van der Waals surface area (Å²) in [7, 11) is -2.12. The summed E-state index contributed by atoms with van der Waals surface area (Å²) < 4.78 is 34.1. The minimum absolute atomic E-state index is 0.0353. The number of rotatable bonds is 6. The number of fused-ring (bicyclic) bond motifs is 1. The largest absolute Gasteiger partial charge is 0.497 e. The molecule has 1 unspecified atom stereocenters. The van der Waals surface area contributed by atoms with Crippen LogP contribution < -0.4 is 14.4 Å². The second-order valence-corrected chi connectivity index (χ2v) is 9.04. The molecule has 150 valence electrons. The molecule has 28 heavy (non-hydrogen) atoms. The SMILES string of the molecule is COc1ccc(C(NS(=O)(=O)c2ccc3c(c2)CCN3C(C)=O)C(C)C)cc1. The van der Waals surface area contributed by atoms with Gasteiger partial charge in [0.15, 0.2) is 0 Å². The second kappa shape index (κ2) is 7.93. The second-order valence-electron chi connectivity index (χ2n) is 7.33. The van der Waals surface area contributed by atoms with E-state index in [1.54, 1.807) is 30.2 Å². The lowest BCUT2D eigenvalue weighted by Crippen LogP contribution is -2.32. The van der Waals surface area contributed by atoms with Gasteiger partial charge in [0, 0.05) is 25.2 Å². The van der Waals surface area contributed by atoms with E-state index in [0.717, 1.165) is 22.6 Å². The van der Waals surface area contributed by atoms with Gasteiger partial charge in [-0.25, -0.2) is 13.1 Å². The van der Waals surface area contributed by atoms with E-state index in [4.69, 9.17) is 4.74 Å². The molecule has 1 heterocycles. The van der Waals surface area contributed by atoms with Gasteiger partial charge in [-0.2, -0.15) is 0 Å². The molecular formula is C21H26N2O4S. The molecule has 0 radical (unpaired) electrons. The molecule has 3 rings (SSSR count). The molecule has 0 saturated carbocycles. The zero-order valence-electron chi connectivity index (χ0n) is 16.6. The van der Waals surface area contributed by atoms with Crippen LogP contribution in [-0.4, -0.2) is 28.0 Å². The number of amides is 1. The van der Waals surface area contributed by atoms with Crippen molar-refractivity contribution in [1.82, 2.24) is 4.72 Å². The Hall–Kier alpha value is -2.38. The van der Waals surface area contributed by atoms with Crippen molar-refractivity contribution in [3.8, 4) is 5.75 Å². The highest BCUT2D eigenvalue weighted by Gasteiger charge is 2.27. The van der Waals surface area contributed by atoms with Gasteiger partial charge in [-0.3, -0.25) is 4.79 Å². The lowest BCUT2D eigenvalue weighted by Gasteiger charge is -2.23. The molecule has 1 aliphatic rings. The smallest absolute Gasteiger partial charge is 0.241 e. The predicted molar refractivity (Wildman–Crippen MR) is 109 cm³/mol.